The fraction of sp³-hybridized carbons (Fsp3) is 0.143. The summed E-state index contributed by atoms with van der Waals surface area (Å²) in [5.74, 6) is -0.356. The molecule has 2 aromatic rings. The molecule has 0 spiro atoms. The number of ether oxygens (including phenoxy) is 1. The van der Waals surface area contributed by atoms with Gasteiger partial charge in [-0.2, -0.15) is 0 Å². The Kier molecular flexibility index (Phi) is 5.34. The van der Waals surface area contributed by atoms with Gasteiger partial charge in [-0.1, -0.05) is 59.4 Å². The summed E-state index contributed by atoms with van der Waals surface area (Å²) in [5, 5.41) is 0.815. The topological polar surface area (TPSA) is 43.6 Å². The predicted octanol–water partition coefficient (Wildman–Crippen LogP) is 2.44. The Morgan fingerprint density at radius 3 is 2.62 bits per heavy atom. The van der Waals surface area contributed by atoms with Crippen molar-refractivity contribution in [2.45, 2.75) is 6.54 Å². The van der Waals surface area contributed by atoms with Gasteiger partial charge in [-0.15, -0.1) is 0 Å². The molecule has 0 fully saturated rings. The number of aromatic nitrogens is 1. The lowest BCUT2D eigenvalue weighted by Crippen LogP contribution is -2.24. The number of halogens is 1. The van der Waals surface area contributed by atoms with Gasteiger partial charge >= 0.3 is 5.97 Å². The number of nitrogens with zero attached hydrogens (tertiary/aromatic N) is 2. The highest BCUT2D eigenvalue weighted by Gasteiger charge is 2.14. The normalized spacial score (nSPS) is 14.5. The van der Waals surface area contributed by atoms with Gasteiger partial charge in [0.15, 0.2) is 5.54 Å². The second-order valence-electron chi connectivity index (χ2n) is 4.20. The van der Waals surface area contributed by atoms with E-state index in [4.69, 9.17) is 23.0 Å². The van der Waals surface area contributed by atoms with Crippen LogP contribution >= 0.6 is 16.8 Å². The van der Waals surface area contributed by atoms with Crippen molar-refractivity contribution >= 4 is 39.9 Å². The van der Waals surface area contributed by atoms with E-state index in [0.29, 0.717) is 5.49 Å². The maximum Gasteiger partial charge on any atom is 0.325 e. The molecule has 1 aromatic carbocycles. The molecule has 0 aliphatic rings. The van der Waals surface area contributed by atoms with Crippen LogP contribution in [0.5, 0.6) is 0 Å². The zero-order chi connectivity index (χ0) is 15.3. The first-order valence-corrected chi connectivity index (χ1v) is 9.83. The third kappa shape index (κ3) is 4.27. The van der Waals surface area contributed by atoms with Crippen molar-refractivity contribution in [3.8, 4) is 0 Å². The van der Waals surface area contributed by atoms with Crippen LogP contribution in [0.2, 0.25) is 0 Å². The van der Waals surface area contributed by atoms with Crippen LogP contribution in [0.15, 0.2) is 59.5 Å². The quantitative estimate of drug-likeness (QED) is 0.634. The monoisotopic (exact) mass is 340 g/mol. The zero-order valence-corrected chi connectivity index (χ0v) is 13.8. The average Bonchev–Trinajstić information content (AvgIpc) is 2.50. The van der Waals surface area contributed by atoms with E-state index < -0.39 is 5.54 Å². The smallest absolute Gasteiger partial charge is 0.325 e. The van der Waals surface area contributed by atoms with Gasteiger partial charge in [0, 0.05) is 11.5 Å². The molecule has 110 valence electrons. The first-order chi connectivity index (χ1) is 10.0. The first-order valence-electron chi connectivity index (χ1n) is 6.17. The number of methoxy groups -OCH3 is 1. The highest BCUT2D eigenvalue weighted by Crippen LogP contribution is 2.51. The Balaban J connectivity index is 2.46. The molecule has 0 aliphatic carbocycles. The van der Waals surface area contributed by atoms with E-state index in [9.17, 15) is 4.79 Å². The number of hydrogen-bond donors (Lipinski definition) is 0. The van der Waals surface area contributed by atoms with Crippen molar-refractivity contribution < 1.29 is 9.53 Å². The molecule has 1 atom stereocenters. The summed E-state index contributed by atoms with van der Waals surface area (Å²) in [6, 6.07) is 14.8. The summed E-state index contributed by atoms with van der Waals surface area (Å²) in [7, 11) is 1.35. The van der Waals surface area contributed by atoms with Gasteiger partial charge in [0.2, 0.25) is 0 Å². The summed E-state index contributed by atoms with van der Waals surface area (Å²) in [5.41, 5.74) is -2.03. The fourth-order valence-corrected chi connectivity index (χ4v) is 3.98. The van der Waals surface area contributed by atoms with Gasteiger partial charge in [-0.3, -0.25) is 4.79 Å². The lowest BCUT2D eigenvalue weighted by molar-refractivity contribution is -0.141. The molecule has 0 saturated carbocycles. The third-order valence-electron chi connectivity index (χ3n) is 2.75. The first kappa shape index (κ1) is 16.0. The van der Waals surface area contributed by atoms with Crippen LogP contribution in [0.4, 0.5) is 0 Å². The van der Waals surface area contributed by atoms with Crippen molar-refractivity contribution in [3.05, 3.63) is 60.2 Å². The van der Waals surface area contributed by atoms with Gasteiger partial charge < -0.3 is 9.30 Å². The number of hydrogen-bond acceptors (Lipinski definition) is 3. The molecule has 1 heterocycles. The van der Waals surface area contributed by atoms with Gasteiger partial charge in [-0.25, -0.2) is 4.76 Å². The number of benzene rings is 1. The van der Waals surface area contributed by atoms with Crippen molar-refractivity contribution in [2.75, 3.05) is 7.11 Å². The van der Waals surface area contributed by atoms with Gasteiger partial charge in [0.25, 0.3) is 0 Å². The fourth-order valence-electron chi connectivity index (χ4n) is 1.70. The summed E-state index contributed by atoms with van der Waals surface area (Å²) in [6.45, 7) is 0.0667. The maximum atomic E-state index is 11.4. The second kappa shape index (κ2) is 7.03. The molecule has 0 N–H and O–H groups in total. The second-order valence-corrected chi connectivity index (χ2v) is 9.58. The van der Waals surface area contributed by atoms with Crippen molar-refractivity contribution in [3.63, 3.8) is 0 Å². The summed E-state index contributed by atoms with van der Waals surface area (Å²) in [4.78, 5) is 11.4. The van der Waals surface area contributed by atoms with Crippen LogP contribution in [-0.2, 0) is 27.9 Å². The summed E-state index contributed by atoms with van der Waals surface area (Å²) >= 11 is 11.9. The molecule has 7 heteroatoms. The zero-order valence-electron chi connectivity index (χ0n) is 11.3. The van der Waals surface area contributed by atoms with Crippen molar-refractivity contribution in [1.82, 2.24) is 4.57 Å². The van der Waals surface area contributed by atoms with E-state index in [2.05, 4.69) is 9.50 Å². The van der Waals surface area contributed by atoms with E-state index >= 15 is 0 Å². The number of rotatable bonds is 4. The van der Waals surface area contributed by atoms with Crippen LogP contribution in [0.1, 0.15) is 0 Å². The molecule has 0 aliphatic heterocycles. The molecule has 4 nitrogen and oxygen atoms in total. The van der Waals surface area contributed by atoms with E-state index in [0.717, 1.165) is 5.30 Å². The molecule has 1 aromatic heterocycles. The maximum absolute atomic E-state index is 11.4. The number of esters is 1. The minimum atomic E-state index is -2.59. The summed E-state index contributed by atoms with van der Waals surface area (Å²) in [6.07, 6.45) is 1.74. The molecule has 0 amide bonds. The Bertz CT molecular complexity index is 746. The molecular formula is C14H14ClN2O2PS. The van der Waals surface area contributed by atoms with E-state index in [1.54, 1.807) is 16.8 Å². The minimum absolute atomic E-state index is 0.0667. The minimum Gasteiger partial charge on any atom is -0.468 e. The standard InChI is InChI=1S/C14H14ClN2O2PS/c1-19-14(18)11-17-10-6-5-9-13(17)16-20(15,21)12-7-3-2-4-8-12/h2-10H,11H2,1H3/b16-13+. The highest BCUT2D eigenvalue weighted by molar-refractivity contribution is 8.29. The SMILES string of the molecule is COC(=O)Cn1cccc/c1=N\P(=S)(Cl)c1ccccc1. The van der Waals surface area contributed by atoms with E-state index in [1.807, 2.05) is 42.5 Å². The Morgan fingerprint density at radius 1 is 1.29 bits per heavy atom. The molecule has 1 unspecified atom stereocenters. The third-order valence-corrected chi connectivity index (χ3v) is 5.84. The molecular weight excluding hydrogens is 327 g/mol. The van der Waals surface area contributed by atoms with Crippen LogP contribution < -0.4 is 10.8 Å². The summed E-state index contributed by atoms with van der Waals surface area (Å²) < 4.78 is 10.8. The van der Waals surface area contributed by atoms with E-state index in [-0.39, 0.29) is 12.5 Å². The van der Waals surface area contributed by atoms with Crippen LogP contribution in [0.3, 0.4) is 0 Å². The van der Waals surface area contributed by atoms with E-state index in [1.165, 1.54) is 7.11 Å². The largest absolute Gasteiger partial charge is 0.468 e. The highest BCUT2D eigenvalue weighted by atomic mass is 35.7. The van der Waals surface area contributed by atoms with Crippen LogP contribution in [0.25, 0.3) is 0 Å². The number of carbonyl (C=O) groups is 1. The lowest BCUT2D eigenvalue weighted by atomic mass is 10.4. The molecule has 2 rings (SSSR count). The molecule has 0 bridgehead atoms. The van der Waals surface area contributed by atoms with Gasteiger partial charge in [0.05, 0.1) is 7.11 Å². The van der Waals surface area contributed by atoms with Crippen molar-refractivity contribution in [1.29, 1.82) is 0 Å². The Hall–Kier alpha value is -1.42. The number of carbonyl (C=O) groups excluding carboxylic acids is 1. The van der Waals surface area contributed by atoms with Crippen molar-refractivity contribution in [2.24, 2.45) is 4.76 Å². The van der Waals surface area contributed by atoms with Gasteiger partial charge in [-0.05, 0) is 12.1 Å². The molecule has 0 radical (unpaired) electrons. The molecule has 0 saturated heterocycles. The Morgan fingerprint density at radius 2 is 1.95 bits per heavy atom. The predicted molar refractivity (Wildman–Crippen MR) is 88.2 cm³/mol. The average molecular weight is 341 g/mol. The lowest BCUT2D eigenvalue weighted by Gasteiger charge is -2.11. The van der Waals surface area contributed by atoms with Crippen LogP contribution in [0, 0.1) is 0 Å². The molecule has 21 heavy (non-hydrogen) atoms. The van der Waals surface area contributed by atoms with Gasteiger partial charge in [0.1, 0.15) is 12.0 Å². The Labute approximate surface area is 132 Å². The van der Waals surface area contributed by atoms with Crippen LogP contribution in [-0.4, -0.2) is 17.6 Å². The number of pyridine rings is 1.